The zero-order valence-electron chi connectivity index (χ0n) is 10.0. The van der Waals surface area contributed by atoms with Crippen LogP contribution in [0, 0.1) is 11.8 Å². The van der Waals surface area contributed by atoms with Crippen LogP contribution < -0.4 is 10.6 Å². The highest BCUT2D eigenvalue weighted by atomic mass is 16.4. The van der Waals surface area contributed by atoms with Crippen molar-refractivity contribution in [1.29, 1.82) is 0 Å². The Labute approximate surface area is 99.8 Å². The summed E-state index contributed by atoms with van der Waals surface area (Å²) in [7, 11) is 0. The van der Waals surface area contributed by atoms with Gasteiger partial charge in [-0.15, -0.1) is 0 Å². The van der Waals surface area contributed by atoms with E-state index in [9.17, 15) is 14.4 Å². The third-order valence-corrected chi connectivity index (χ3v) is 2.85. The van der Waals surface area contributed by atoms with E-state index in [-0.39, 0.29) is 30.7 Å². The van der Waals surface area contributed by atoms with E-state index < -0.39 is 12.0 Å². The first-order valence-electron chi connectivity index (χ1n) is 5.71. The molecule has 1 rings (SSSR count). The molecule has 3 N–H and O–H groups in total. The zero-order chi connectivity index (χ0) is 13.0. The first-order chi connectivity index (χ1) is 7.91. The fourth-order valence-corrected chi connectivity index (χ4v) is 1.49. The van der Waals surface area contributed by atoms with Crippen LogP contribution in [0.2, 0.25) is 0 Å². The van der Waals surface area contributed by atoms with Gasteiger partial charge >= 0.3 is 5.97 Å². The molecule has 6 heteroatoms. The van der Waals surface area contributed by atoms with Gasteiger partial charge in [-0.25, -0.2) is 0 Å². The Morgan fingerprint density at radius 3 is 2.47 bits per heavy atom. The average Bonchev–Trinajstić information content (AvgIpc) is 2.95. The van der Waals surface area contributed by atoms with Crippen molar-refractivity contribution >= 4 is 17.8 Å². The van der Waals surface area contributed by atoms with Gasteiger partial charge in [-0.1, -0.05) is 6.92 Å². The number of carbonyl (C=O) groups is 3. The van der Waals surface area contributed by atoms with Crippen LogP contribution in [0.3, 0.4) is 0 Å². The molecule has 0 aliphatic heterocycles. The maximum Gasteiger partial charge on any atom is 0.325 e. The van der Waals surface area contributed by atoms with Gasteiger partial charge in [0.05, 0.1) is 0 Å². The number of carboxylic acids is 1. The molecule has 6 nitrogen and oxygen atoms in total. The summed E-state index contributed by atoms with van der Waals surface area (Å²) in [6.45, 7) is 3.65. The molecule has 0 saturated heterocycles. The lowest BCUT2D eigenvalue weighted by molar-refractivity contribution is -0.141. The SMILES string of the molecule is CC1CC1C(=O)NCCC(=O)N[C@H](C)C(=O)O. The molecular weight excluding hydrogens is 224 g/mol. The highest BCUT2D eigenvalue weighted by Crippen LogP contribution is 2.37. The monoisotopic (exact) mass is 242 g/mol. The number of carbonyl (C=O) groups excluding carboxylic acids is 2. The van der Waals surface area contributed by atoms with Crippen molar-refractivity contribution in [3.05, 3.63) is 0 Å². The van der Waals surface area contributed by atoms with Gasteiger partial charge in [0.2, 0.25) is 11.8 Å². The van der Waals surface area contributed by atoms with Gasteiger partial charge in [0.15, 0.2) is 0 Å². The first-order valence-corrected chi connectivity index (χ1v) is 5.71. The molecule has 3 atom stereocenters. The summed E-state index contributed by atoms with van der Waals surface area (Å²) < 4.78 is 0. The van der Waals surface area contributed by atoms with Gasteiger partial charge in [0.25, 0.3) is 0 Å². The van der Waals surface area contributed by atoms with Crippen molar-refractivity contribution in [2.75, 3.05) is 6.54 Å². The normalized spacial score (nSPS) is 23.6. The molecule has 0 aromatic heterocycles. The first kappa shape index (κ1) is 13.5. The summed E-state index contributed by atoms with van der Waals surface area (Å²) in [5.74, 6) is -0.929. The second-order valence-corrected chi connectivity index (χ2v) is 4.49. The summed E-state index contributed by atoms with van der Waals surface area (Å²) in [5, 5.41) is 13.5. The lowest BCUT2D eigenvalue weighted by atomic mass is 10.3. The molecular formula is C11H18N2O4. The molecule has 96 valence electrons. The highest BCUT2D eigenvalue weighted by Gasteiger charge is 2.38. The Kier molecular flexibility index (Phi) is 4.48. The van der Waals surface area contributed by atoms with Crippen LogP contribution in [0.25, 0.3) is 0 Å². The molecule has 0 aromatic rings. The van der Waals surface area contributed by atoms with Crippen LogP contribution in [0.5, 0.6) is 0 Å². The molecule has 1 aliphatic carbocycles. The number of nitrogens with one attached hydrogen (secondary N) is 2. The number of rotatable bonds is 6. The number of hydrogen-bond acceptors (Lipinski definition) is 3. The van der Waals surface area contributed by atoms with E-state index in [4.69, 9.17) is 5.11 Å². The predicted molar refractivity (Wildman–Crippen MR) is 60.1 cm³/mol. The molecule has 1 saturated carbocycles. The molecule has 0 spiro atoms. The van der Waals surface area contributed by atoms with Crippen LogP contribution in [-0.4, -0.2) is 35.5 Å². The lowest BCUT2D eigenvalue weighted by Gasteiger charge is -2.09. The van der Waals surface area contributed by atoms with Gasteiger partial charge in [-0.05, 0) is 19.3 Å². The maximum atomic E-state index is 11.4. The second kappa shape index (κ2) is 5.65. The Morgan fingerprint density at radius 1 is 1.41 bits per heavy atom. The molecule has 0 heterocycles. The summed E-state index contributed by atoms with van der Waals surface area (Å²) >= 11 is 0. The smallest absolute Gasteiger partial charge is 0.325 e. The maximum absolute atomic E-state index is 11.4. The third kappa shape index (κ3) is 4.42. The van der Waals surface area contributed by atoms with Crippen molar-refractivity contribution in [2.24, 2.45) is 11.8 Å². The van der Waals surface area contributed by atoms with E-state index in [1.807, 2.05) is 6.92 Å². The minimum absolute atomic E-state index is 0.0171. The Morgan fingerprint density at radius 2 is 2.00 bits per heavy atom. The second-order valence-electron chi connectivity index (χ2n) is 4.49. The standard InChI is InChI=1S/C11H18N2O4/c1-6-5-8(6)10(15)12-4-3-9(14)13-7(2)11(16)17/h6-8H,3-5H2,1-2H3,(H,12,15)(H,13,14)(H,16,17)/t6?,7-,8?/m1/s1. The summed E-state index contributed by atoms with van der Waals surface area (Å²) in [4.78, 5) is 33.1. The van der Waals surface area contributed by atoms with E-state index in [2.05, 4.69) is 10.6 Å². The van der Waals surface area contributed by atoms with Gasteiger partial charge in [-0.2, -0.15) is 0 Å². The van der Waals surface area contributed by atoms with E-state index in [1.165, 1.54) is 6.92 Å². The summed E-state index contributed by atoms with van der Waals surface area (Å²) in [6, 6.07) is -0.901. The molecule has 1 aliphatic rings. The minimum Gasteiger partial charge on any atom is -0.480 e. The summed E-state index contributed by atoms with van der Waals surface area (Å²) in [5.41, 5.74) is 0. The van der Waals surface area contributed by atoms with Crippen molar-refractivity contribution in [3.63, 3.8) is 0 Å². The van der Waals surface area contributed by atoms with Gasteiger partial charge in [-0.3, -0.25) is 14.4 Å². The van der Waals surface area contributed by atoms with E-state index in [1.54, 1.807) is 0 Å². The van der Waals surface area contributed by atoms with Gasteiger partial charge in [0, 0.05) is 18.9 Å². The van der Waals surface area contributed by atoms with Gasteiger partial charge in [0.1, 0.15) is 6.04 Å². The fraction of sp³-hybridized carbons (Fsp3) is 0.727. The van der Waals surface area contributed by atoms with Crippen molar-refractivity contribution in [2.45, 2.75) is 32.7 Å². The minimum atomic E-state index is -1.07. The molecule has 2 unspecified atom stereocenters. The van der Waals surface area contributed by atoms with Crippen molar-refractivity contribution in [3.8, 4) is 0 Å². The molecule has 0 aromatic carbocycles. The number of aliphatic carboxylic acids is 1. The molecule has 0 radical (unpaired) electrons. The van der Waals surface area contributed by atoms with Crippen LogP contribution in [0.15, 0.2) is 0 Å². The van der Waals surface area contributed by atoms with Gasteiger partial charge < -0.3 is 15.7 Å². The summed E-state index contributed by atoms with van der Waals surface area (Å²) in [6.07, 6.45) is 1.01. The molecule has 17 heavy (non-hydrogen) atoms. The van der Waals surface area contributed by atoms with Crippen molar-refractivity contribution in [1.82, 2.24) is 10.6 Å². The zero-order valence-corrected chi connectivity index (χ0v) is 10.0. The largest absolute Gasteiger partial charge is 0.480 e. The topological polar surface area (TPSA) is 95.5 Å². The Hall–Kier alpha value is -1.59. The quantitative estimate of drug-likeness (QED) is 0.598. The lowest BCUT2D eigenvalue weighted by Crippen LogP contribution is -2.40. The number of amides is 2. The highest BCUT2D eigenvalue weighted by molar-refractivity contribution is 5.84. The van der Waals surface area contributed by atoms with E-state index in [0.29, 0.717) is 5.92 Å². The molecule has 0 bridgehead atoms. The average molecular weight is 242 g/mol. The molecule has 2 amide bonds. The van der Waals surface area contributed by atoms with Crippen LogP contribution >= 0.6 is 0 Å². The van der Waals surface area contributed by atoms with E-state index in [0.717, 1.165) is 6.42 Å². The Bertz CT molecular complexity index is 329. The molecule has 1 fully saturated rings. The number of carboxylic acid groups (broad SMARTS) is 1. The van der Waals surface area contributed by atoms with Crippen LogP contribution in [0.1, 0.15) is 26.7 Å². The Balaban J connectivity index is 2.12. The van der Waals surface area contributed by atoms with Crippen LogP contribution in [0.4, 0.5) is 0 Å². The third-order valence-electron chi connectivity index (χ3n) is 2.85. The van der Waals surface area contributed by atoms with Crippen molar-refractivity contribution < 1.29 is 19.5 Å². The predicted octanol–water partition coefficient (Wildman–Crippen LogP) is -0.262. The van der Waals surface area contributed by atoms with Crippen LogP contribution in [-0.2, 0) is 14.4 Å². The fourth-order valence-electron chi connectivity index (χ4n) is 1.49. The van der Waals surface area contributed by atoms with E-state index >= 15 is 0 Å². The number of hydrogen-bond donors (Lipinski definition) is 3.